The molecule has 0 aliphatic rings. The van der Waals surface area contributed by atoms with Crippen molar-refractivity contribution in [2.45, 2.75) is 6.42 Å². The number of phenolic OH excluding ortho intramolecular Hbond substituents is 1. The lowest BCUT2D eigenvalue weighted by atomic mass is 10.1. The van der Waals surface area contributed by atoms with Crippen LogP contribution in [0.25, 0.3) is 11.3 Å². The molecular weight excluding hydrogens is 316 g/mol. The minimum atomic E-state index is -0.295. The summed E-state index contributed by atoms with van der Waals surface area (Å²) in [6.45, 7) is 0.495. The first-order valence-corrected chi connectivity index (χ1v) is 8.04. The maximum atomic E-state index is 12.0. The van der Waals surface area contributed by atoms with Gasteiger partial charge in [-0.25, -0.2) is 4.79 Å². The van der Waals surface area contributed by atoms with E-state index in [0.29, 0.717) is 18.8 Å². The van der Waals surface area contributed by atoms with Gasteiger partial charge in [-0.15, -0.1) is 0 Å². The number of anilines is 1. The van der Waals surface area contributed by atoms with E-state index >= 15 is 0 Å². The van der Waals surface area contributed by atoms with Crippen LogP contribution in [-0.2, 0) is 13.5 Å². The average molecular weight is 336 g/mol. The zero-order valence-electron chi connectivity index (χ0n) is 13.9. The highest BCUT2D eigenvalue weighted by molar-refractivity contribution is 5.88. The molecule has 3 rings (SSSR count). The summed E-state index contributed by atoms with van der Waals surface area (Å²) in [7, 11) is 1.84. The molecule has 6 heteroatoms. The number of rotatable bonds is 5. The minimum Gasteiger partial charge on any atom is -0.508 e. The van der Waals surface area contributed by atoms with Gasteiger partial charge in [-0.3, -0.25) is 10.00 Å². The molecule has 0 unspecified atom stereocenters. The Morgan fingerprint density at radius 2 is 1.84 bits per heavy atom. The number of carbonyl (C=O) groups is 1. The van der Waals surface area contributed by atoms with Gasteiger partial charge in [0.15, 0.2) is 5.82 Å². The van der Waals surface area contributed by atoms with Crippen LogP contribution in [0.2, 0.25) is 0 Å². The lowest BCUT2D eigenvalue weighted by molar-refractivity contribution is 0.252. The molecule has 0 spiro atoms. The molecule has 0 aliphatic carbocycles. The molecular formula is C19H20N4O2. The molecule has 0 fully saturated rings. The first kappa shape index (κ1) is 16.6. The van der Waals surface area contributed by atoms with Gasteiger partial charge in [-0.2, -0.15) is 5.10 Å². The van der Waals surface area contributed by atoms with Crippen LogP contribution in [0.15, 0.2) is 60.7 Å². The van der Waals surface area contributed by atoms with Crippen LogP contribution in [-0.4, -0.2) is 27.5 Å². The number of hydrogen-bond donors (Lipinski definition) is 3. The van der Waals surface area contributed by atoms with E-state index in [9.17, 15) is 9.90 Å². The molecule has 2 aromatic carbocycles. The van der Waals surface area contributed by atoms with Gasteiger partial charge in [0.05, 0.1) is 5.69 Å². The van der Waals surface area contributed by atoms with E-state index in [1.165, 1.54) is 0 Å². The molecule has 1 heterocycles. The fraction of sp³-hybridized carbons (Fsp3) is 0.158. The van der Waals surface area contributed by atoms with Crippen molar-refractivity contribution < 1.29 is 9.90 Å². The maximum Gasteiger partial charge on any atom is 0.320 e. The van der Waals surface area contributed by atoms with Crippen LogP contribution in [0.1, 0.15) is 5.56 Å². The highest BCUT2D eigenvalue weighted by Crippen LogP contribution is 2.21. The second-order valence-corrected chi connectivity index (χ2v) is 5.70. The van der Waals surface area contributed by atoms with Crippen LogP contribution in [0.5, 0.6) is 5.75 Å². The third kappa shape index (κ3) is 4.38. The Bertz CT molecular complexity index is 842. The van der Waals surface area contributed by atoms with Crippen molar-refractivity contribution in [2.75, 3.05) is 11.9 Å². The average Bonchev–Trinajstić information content (AvgIpc) is 2.97. The van der Waals surface area contributed by atoms with E-state index in [2.05, 4.69) is 15.7 Å². The molecule has 0 bridgehead atoms. The maximum absolute atomic E-state index is 12.0. The quantitative estimate of drug-likeness (QED) is 0.669. The molecule has 128 valence electrons. The lowest BCUT2D eigenvalue weighted by Gasteiger charge is -2.05. The van der Waals surface area contributed by atoms with Crippen molar-refractivity contribution in [3.63, 3.8) is 0 Å². The molecule has 0 saturated heterocycles. The van der Waals surface area contributed by atoms with E-state index in [0.717, 1.165) is 16.8 Å². The summed E-state index contributed by atoms with van der Waals surface area (Å²) in [5, 5.41) is 19.1. The fourth-order valence-electron chi connectivity index (χ4n) is 2.55. The first-order chi connectivity index (χ1) is 12.1. The lowest BCUT2D eigenvalue weighted by Crippen LogP contribution is -2.30. The highest BCUT2D eigenvalue weighted by Gasteiger charge is 2.09. The second-order valence-electron chi connectivity index (χ2n) is 5.70. The van der Waals surface area contributed by atoms with Crippen LogP contribution in [0.4, 0.5) is 10.6 Å². The summed E-state index contributed by atoms with van der Waals surface area (Å²) in [4.78, 5) is 12.0. The normalized spacial score (nSPS) is 10.4. The van der Waals surface area contributed by atoms with Gasteiger partial charge >= 0.3 is 6.03 Å². The van der Waals surface area contributed by atoms with Crippen molar-refractivity contribution in [1.82, 2.24) is 15.1 Å². The number of urea groups is 1. The van der Waals surface area contributed by atoms with Gasteiger partial charge in [0.2, 0.25) is 0 Å². The Morgan fingerprint density at radius 3 is 2.56 bits per heavy atom. The summed E-state index contributed by atoms with van der Waals surface area (Å²) in [6, 6.07) is 18.4. The molecule has 0 saturated carbocycles. The Labute approximate surface area is 146 Å². The number of hydrogen-bond acceptors (Lipinski definition) is 3. The molecule has 1 aromatic heterocycles. The number of carbonyl (C=O) groups excluding carboxylic acids is 1. The Hall–Kier alpha value is -3.28. The van der Waals surface area contributed by atoms with Crippen molar-refractivity contribution in [1.29, 1.82) is 0 Å². The highest BCUT2D eigenvalue weighted by atomic mass is 16.3. The number of amides is 2. The van der Waals surface area contributed by atoms with Crippen molar-refractivity contribution in [2.24, 2.45) is 7.05 Å². The summed E-state index contributed by atoms with van der Waals surface area (Å²) in [5.74, 6) is 0.738. The molecule has 0 atom stereocenters. The van der Waals surface area contributed by atoms with Crippen LogP contribution < -0.4 is 10.6 Å². The van der Waals surface area contributed by atoms with Gasteiger partial charge < -0.3 is 10.4 Å². The van der Waals surface area contributed by atoms with Crippen molar-refractivity contribution >= 4 is 11.8 Å². The number of aryl methyl sites for hydroxylation is 1. The third-order valence-corrected chi connectivity index (χ3v) is 3.83. The van der Waals surface area contributed by atoms with E-state index in [-0.39, 0.29) is 11.8 Å². The van der Waals surface area contributed by atoms with Crippen LogP contribution >= 0.6 is 0 Å². The van der Waals surface area contributed by atoms with Gasteiger partial charge in [0.25, 0.3) is 0 Å². The summed E-state index contributed by atoms with van der Waals surface area (Å²) >= 11 is 0. The predicted octanol–water partition coefficient (Wildman–Crippen LogP) is 3.16. The zero-order chi connectivity index (χ0) is 17.6. The fourth-order valence-corrected chi connectivity index (χ4v) is 2.55. The van der Waals surface area contributed by atoms with Gasteiger partial charge in [-0.1, -0.05) is 42.5 Å². The van der Waals surface area contributed by atoms with Crippen LogP contribution in [0, 0.1) is 0 Å². The molecule has 0 aliphatic heterocycles. The largest absolute Gasteiger partial charge is 0.508 e. The van der Waals surface area contributed by atoms with E-state index < -0.39 is 0 Å². The molecule has 0 radical (unpaired) electrons. The Morgan fingerprint density at radius 1 is 1.12 bits per heavy atom. The molecule has 3 N–H and O–H groups in total. The SMILES string of the molecule is Cn1nc(NC(=O)NCCc2ccc(O)cc2)cc1-c1ccccc1. The van der Waals surface area contributed by atoms with E-state index in [1.807, 2.05) is 55.6 Å². The van der Waals surface area contributed by atoms with E-state index in [4.69, 9.17) is 0 Å². The number of nitrogens with one attached hydrogen (secondary N) is 2. The van der Waals surface area contributed by atoms with Gasteiger partial charge in [0, 0.05) is 19.7 Å². The number of nitrogens with zero attached hydrogens (tertiary/aromatic N) is 2. The minimum absolute atomic E-state index is 0.235. The zero-order valence-corrected chi connectivity index (χ0v) is 13.9. The summed E-state index contributed by atoms with van der Waals surface area (Å²) in [6.07, 6.45) is 0.686. The summed E-state index contributed by atoms with van der Waals surface area (Å²) in [5.41, 5.74) is 3.01. The van der Waals surface area contributed by atoms with Gasteiger partial charge in [0.1, 0.15) is 5.75 Å². The Balaban J connectivity index is 1.54. The van der Waals surface area contributed by atoms with Crippen LogP contribution in [0.3, 0.4) is 0 Å². The Kier molecular flexibility index (Phi) is 4.99. The van der Waals surface area contributed by atoms with Gasteiger partial charge in [-0.05, 0) is 29.7 Å². The number of aromatic hydroxyl groups is 1. The van der Waals surface area contributed by atoms with Crippen molar-refractivity contribution in [3.8, 4) is 17.0 Å². The topological polar surface area (TPSA) is 79.2 Å². The predicted molar refractivity (Wildman–Crippen MR) is 97.5 cm³/mol. The number of aromatic nitrogens is 2. The number of phenols is 1. The van der Waals surface area contributed by atoms with Crippen molar-refractivity contribution in [3.05, 3.63) is 66.2 Å². The second kappa shape index (κ2) is 7.53. The molecule has 2 amide bonds. The summed E-state index contributed by atoms with van der Waals surface area (Å²) < 4.78 is 1.74. The smallest absolute Gasteiger partial charge is 0.320 e. The molecule has 3 aromatic rings. The number of benzene rings is 2. The van der Waals surface area contributed by atoms with E-state index in [1.54, 1.807) is 16.8 Å². The third-order valence-electron chi connectivity index (χ3n) is 3.83. The standard InChI is InChI=1S/C19H20N4O2/c1-23-17(15-5-3-2-4-6-15)13-18(22-23)21-19(25)20-12-11-14-7-9-16(24)10-8-14/h2-10,13,24H,11-12H2,1H3,(H2,20,21,22,25). The molecule has 25 heavy (non-hydrogen) atoms. The molecule has 6 nitrogen and oxygen atoms in total. The monoisotopic (exact) mass is 336 g/mol. The first-order valence-electron chi connectivity index (χ1n) is 8.04.